The zero-order valence-corrected chi connectivity index (χ0v) is 18.6. The normalized spacial score (nSPS) is 26.7. The highest BCUT2D eigenvalue weighted by molar-refractivity contribution is 5.58. The van der Waals surface area contributed by atoms with E-state index in [2.05, 4.69) is 4.98 Å². The molecule has 0 aromatic carbocycles. The molecule has 4 unspecified atom stereocenters. The molecule has 1 saturated heterocycles. The van der Waals surface area contributed by atoms with Gasteiger partial charge in [0.1, 0.15) is 11.9 Å². The number of hydrogen-bond donors (Lipinski definition) is 2. The molecule has 35 heavy (non-hydrogen) atoms. The first-order valence-corrected chi connectivity index (χ1v) is 11.2. The molecule has 4 rings (SSSR count). The fourth-order valence-corrected chi connectivity index (χ4v) is 5.16. The molecule has 0 spiro atoms. The van der Waals surface area contributed by atoms with Gasteiger partial charge in [0.2, 0.25) is 0 Å². The summed E-state index contributed by atoms with van der Waals surface area (Å²) < 4.78 is 100. The second-order valence-corrected chi connectivity index (χ2v) is 9.37. The van der Waals surface area contributed by atoms with E-state index in [0.29, 0.717) is 12.8 Å². The maximum absolute atomic E-state index is 15.3. The molecule has 14 heteroatoms. The minimum absolute atomic E-state index is 0.0530. The van der Waals surface area contributed by atoms with Gasteiger partial charge in [0.25, 0.3) is 5.56 Å². The number of aromatic nitrogens is 2. The molecule has 196 valence electrons. The third-order valence-electron chi connectivity index (χ3n) is 7.06. The largest absolute Gasteiger partial charge is 0.400 e. The topological polar surface area (TPSA) is 93.3 Å². The van der Waals surface area contributed by atoms with Crippen molar-refractivity contribution in [2.75, 3.05) is 20.2 Å². The summed E-state index contributed by atoms with van der Waals surface area (Å²) >= 11 is 0. The number of halogens is 7. The molecule has 1 aromatic rings. The number of ether oxygens (including phenoxy) is 1. The van der Waals surface area contributed by atoms with E-state index in [1.54, 1.807) is 0 Å². The zero-order chi connectivity index (χ0) is 25.9. The number of H-pyrrole nitrogens is 1. The van der Waals surface area contributed by atoms with Crippen LogP contribution in [0.5, 0.6) is 0 Å². The van der Waals surface area contributed by atoms with Crippen LogP contribution in [0, 0.1) is 11.8 Å². The number of likely N-dealkylation sites (tertiary alicyclic amines) is 1. The minimum Gasteiger partial charge on any atom is -0.373 e. The van der Waals surface area contributed by atoms with Crippen molar-refractivity contribution in [2.24, 2.45) is 17.6 Å². The Morgan fingerprint density at radius 1 is 1.14 bits per heavy atom. The number of nitrogens with two attached hydrogens (primary N) is 1. The lowest BCUT2D eigenvalue weighted by Gasteiger charge is -2.37. The molecule has 2 fully saturated rings. The Morgan fingerprint density at radius 3 is 2.31 bits per heavy atom. The molecule has 3 aliphatic rings. The smallest absolute Gasteiger partial charge is 0.373 e. The maximum Gasteiger partial charge on any atom is 0.400 e. The lowest BCUT2D eigenvalue weighted by molar-refractivity contribution is -0.287. The van der Waals surface area contributed by atoms with E-state index in [1.165, 1.54) is 16.6 Å². The van der Waals surface area contributed by atoms with Gasteiger partial charge in [0, 0.05) is 25.7 Å². The standard InChI is InChI=1S/C21H25F7N4O3/c1-35-17-15-11(18(33)30-19(34)32(15)10-2-3-10)6-12(22)16(17)31-5-4-9(8-31)13(29)7-14(20(23,24)25)21(26,27)28/h6,9-10,13-14,16-17H,2-5,7-8,29H2,1H3,(H,30,33,34). The van der Waals surface area contributed by atoms with Crippen molar-refractivity contribution < 1.29 is 35.5 Å². The Kier molecular flexibility index (Phi) is 6.68. The van der Waals surface area contributed by atoms with E-state index < -0.39 is 65.9 Å². The summed E-state index contributed by atoms with van der Waals surface area (Å²) in [6.07, 6.45) is -10.9. The van der Waals surface area contributed by atoms with Gasteiger partial charge in [0.05, 0.1) is 17.3 Å². The van der Waals surface area contributed by atoms with Crippen molar-refractivity contribution in [3.63, 3.8) is 0 Å². The number of fused-ring (bicyclic) bond motifs is 1. The van der Waals surface area contributed by atoms with Gasteiger partial charge in [-0.3, -0.25) is 19.2 Å². The van der Waals surface area contributed by atoms with Crippen molar-refractivity contribution in [3.05, 3.63) is 37.9 Å². The number of nitrogens with zero attached hydrogens (tertiary/aromatic N) is 2. The number of nitrogens with one attached hydrogen (secondary N) is 1. The molecule has 0 bridgehead atoms. The average Bonchev–Trinajstić information content (AvgIpc) is 3.45. The summed E-state index contributed by atoms with van der Waals surface area (Å²) in [6.45, 7) is 0.0701. The number of hydrogen-bond acceptors (Lipinski definition) is 5. The average molecular weight is 514 g/mol. The van der Waals surface area contributed by atoms with Crippen molar-refractivity contribution in [3.8, 4) is 0 Å². The molecule has 7 nitrogen and oxygen atoms in total. The molecule has 2 heterocycles. The quantitative estimate of drug-likeness (QED) is 0.570. The Labute approximate surface area is 194 Å². The Bertz CT molecular complexity index is 1090. The Morgan fingerprint density at radius 2 is 1.77 bits per heavy atom. The number of rotatable bonds is 6. The maximum atomic E-state index is 15.3. The van der Waals surface area contributed by atoms with Crippen molar-refractivity contribution in [1.29, 1.82) is 0 Å². The van der Waals surface area contributed by atoms with Gasteiger partial charge in [-0.25, -0.2) is 9.18 Å². The molecule has 1 aromatic heterocycles. The molecule has 1 aliphatic heterocycles. The van der Waals surface area contributed by atoms with Crippen LogP contribution in [-0.4, -0.2) is 59.1 Å². The van der Waals surface area contributed by atoms with Crippen LogP contribution in [0.25, 0.3) is 6.08 Å². The highest BCUT2D eigenvalue weighted by atomic mass is 19.4. The van der Waals surface area contributed by atoms with Crippen LogP contribution in [0.1, 0.15) is 49.1 Å². The van der Waals surface area contributed by atoms with Gasteiger partial charge >= 0.3 is 18.0 Å². The molecule has 1 saturated carbocycles. The van der Waals surface area contributed by atoms with Gasteiger partial charge in [-0.2, -0.15) is 26.3 Å². The molecule has 0 amide bonds. The van der Waals surface area contributed by atoms with E-state index in [-0.39, 0.29) is 36.8 Å². The number of alkyl halides is 6. The second kappa shape index (κ2) is 9.04. The SMILES string of the molecule is COC1c2c(c(=O)[nH]c(=O)n2C2CC2)C=C(F)C1N1CCC(C(N)CC(C(F)(F)F)C(F)(F)F)C1. The zero-order valence-electron chi connectivity index (χ0n) is 18.6. The van der Waals surface area contributed by atoms with Crippen LogP contribution >= 0.6 is 0 Å². The van der Waals surface area contributed by atoms with Crippen LogP contribution in [0.3, 0.4) is 0 Å². The monoisotopic (exact) mass is 514 g/mol. The van der Waals surface area contributed by atoms with Gasteiger partial charge < -0.3 is 10.5 Å². The van der Waals surface area contributed by atoms with E-state index >= 15 is 4.39 Å². The van der Waals surface area contributed by atoms with Crippen molar-refractivity contribution >= 4 is 6.08 Å². The van der Waals surface area contributed by atoms with Crippen LogP contribution < -0.4 is 17.0 Å². The molecule has 2 aliphatic carbocycles. The first-order chi connectivity index (χ1) is 16.2. The van der Waals surface area contributed by atoms with Gasteiger partial charge in [-0.1, -0.05) is 0 Å². The van der Waals surface area contributed by atoms with Crippen molar-refractivity contribution in [2.45, 2.75) is 62.3 Å². The molecular formula is C21H25F7N4O3. The fourth-order valence-electron chi connectivity index (χ4n) is 5.16. The first kappa shape index (κ1) is 25.9. The van der Waals surface area contributed by atoms with Gasteiger partial charge in [0.15, 0.2) is 5.92 Å². The third-order valence-corrected chi connectivity index (χ3v) is 7.06. The predicted molar refractivity (Wildman–Crippen MR) is 110 cm³/mol. The fraction of sp³-hybridized carbons (Fsp3) is 0.714. The Hall–Kier alpha value is -2.19. The summed E-state index contributed by atoms with van der Waals surface area (Å²) in [4.78, 5) is 28.6. The predicted octanol–water partition coefficient (Wildman–Crippen LogP) is 3.03. The molecule has 4 atom stereocenters. The summed E-state index contributed by atoms with van der Waals surface area (Å²) in [6, 6.07) is -2.72. The highest BCUT2D eigenvalue weighted by Crippen LogP contribution is 2.45. The molecule has 3 N–H and O–H groups in total. The Balaban J connectivity index is 1.59. The van der Waals surface area contributed by atoms with Crippen LogP contribution in [0.15, 0.2) is 15.4 Å². The van der Waals surface area contributed by atoms with Crippen LogP contribution in [-0.2, 0) is 4.74 Å². The van der Waals surface area contributed by atoms with Crippen LogP contribution in [0.4, 0.5) is 30.7 Å². The summed E-state index contributed by atoms with van der Waals surface area (Å²) in [5.41, 5.74) is 4.52. The van der Waals surface area contributed by atoms with Gasteiger partial charge in [-0.15, -0.1) is 0 Å². The summed E-state index contributed by atoms with van der Waals surface area (Å²) in [5, 5.41) is 0. The lowest BCUT2D eigenvalue weighted by Crippen LogP contribution is -2.47. The second-order valence-electron chi connectivity index (χ2n) is 9.37. The van der Waals surface area contributed by atoms with Gasteiger partial charge in [-0.05, 0) is 44.2 Å². The number of aromatic amines is 1. The van der Waals surface area contributed by atoms with Crippen LogP contribution in [0.2, 0.25) is 0 Å². The summed E-state index contributed by atoms with van der Waals surface area (Å²) in [5.74, 6) is -5.06. The van der Waals surface area contributed by atoms with E-state index in [1.807, 2.05) is 0 Å². The molecular weight excluding hydrogens is 489 g/mol. The van der Waals surface area contributed by atoms with E-state index in [4.69, 9.17) is 10.5 Å². The highest BCUT2D eigenvalue weighted by Gasteiger charge is 2.57. The van der Waals surface area contributed by atoms with Crippen molar-refractivity contribution in [1.82, 2.24) is 14.5 Å². The minimum atomic E-state index is -5.49. The lowest BCUT2D eigenvalue weighted by atomic mass is 9.89. The molecule has 0 radical (unpaired) electrons. The van der Waals surface area contributed by atoms with E-state index in [9.17, 15) is 35.9 Å². The first-order valence-electron chi connectivity index (χ1n) is 11.2. The number of methoxy groups -OCH3 is 1. The van der Waals surface area contributed by atoms with E-state index in [0.717, 1.165) is 6.08 Å². The third kappa shape index (κ3) is 4.92. The summed E-state index contributed by atoms with van der Waals surface area (Å²) in [7, 11) is 1.28.